The Bertz CT molecular complexity index is 2950. The van der Waals surface area contributed by atoms with Gasteiger partial charge in [0.1, 0.15) is 0 Å². The molecule has 0 aliphatic heterocycles. The monoisotopic (exact) mass is 741 g/mol. The minimum absolute atomic E-state index is 0.119. The fraction of sp³-hybridized carbons (Fsp3) is 0.0727. The number of nitrogens with zero attached hydrogens (tertiary/aromatic N) is 3. The Hall–Kier alpha value is -7.23. The SMILES string of the molecule is CC1(C)c2ccccc2C2(c3ccccc3-c3cc(-c4ccc(-c5nc(-c6ccccc6)nc(-c6ccc(-c7ccccc7)cc6)n5)cc4)ccc32)c2ccccc21. The molecule has 0 saturated carbocycles. The lowest BCUT2D eigenvalue weighted by Gasteiger charge is -2.46. The minimum atomic E-state index is -0.397. The van der Waals surface area contributed by atoms with Gasteiger partial charge in [-0.25, -0.2) is 15.0 Å². The molecule has 2 aliphatic carbocycles. The van der Waals surface area contributed by atoms with Gasteiger partial charge in [-0.3, -0.25) is 0 Å². The highest BCUT2D eigenvalue weighted by Crippen LogP contribution is 2.62. The van der Waals surface area contributed by atoms with Gasteiger partial charge in [0.15, 0.2) is 17.5 Å². The van der Waals surface area contributed by atoms with Gasteiger partial charge in [-0.05, 0) is 72.8 Å². The lowest BCUT2D eigenvalue weighted by Crippen LogP contribution is -2.40. The highest BCUT2D eigenvalue weighted by Gasteiger charge is 2.53. The van der Waals surface area contributed by atoms with Crippen molar-refractivity contribution in [2.75, 3.05) is 0 Å². The van der Waals surface area contributed by atoms with Crippen LogP contribution in [0.5, 0.6) is 0 Å². The van der Waals surface area contributed by atoms with Gasteiger partial charge in [-0.1, -0.05) is 208 Å². The summed E-state index contributed by atoms with van der Waals surface area (Å²) in [6, 6.07) is 72.0. The van der Waals surface area contributed by atoms with Crippen molar-refractivity contribution in [1.29, 1.82) is 0 Å². The Balaban J connectivity index is 1.00. The number of rotatable bonds is 5. The van der Waals surface area contributed by atoms with Gasteiger partial charge < -0.3 is 0 Å². The van der Waals surface area contributed by atoms with E-state index < -0.39 is 5.41 Å². The predicted molar refractivity (Wildman–Crippen MR) is 236 cm³/mol. The third-order valence-corrected chi connectivity index (χ3v) is 12.4. The molecule has 1 spiro atoms. The molecule has 0 N–H and O–H groups in total. The summed E-state index contributed by atoms with van der Waals surface area (Å²) in [6.07, 6.45) is 0. The highest BCUT2D eigenvalue weighted by atomic mass is 15.0. The third kappa shape index (κ3) is 5.17. The summed E-state index contributed by atoms with van der Waals surface area (Å²) in [5.74, 6) is 1.94. The quantitative estimate of drug-likeness (QED) is 0.176. The molecule has 3 heteroatoms. The van der Waals surface area contributed by atoms with Gasteiger partial charge in [0, 0.05) is 22.1 Å². The van der Waals surface area contributed by atoms with E-state index >= 15 is 0 Å². The van der Waals surface area contributed by atoms with Gasteiger partial charge in [0.2, 0.25) is 0 Å². The van der Waals surface area contributed by atoms with Crippen LogP contribution in [0.4, 0.5) is 0 Å². The van der Waals surface area contributed by atoms with E-state index in [0.717, 1.165) is 27.8 Å². The molecule has 2 aliphatic rings. The Morgan fingerprint density at radius 2 is 0.621 bits per heavy atom. The van der Waals surface area contributed by atoms with Crippen molar-refractivity contribution in [2.45, 2.75) is 24.7 Å². The largest absolute Gasteiger partial charge is 0.208 e. The van der Waals surface area contributed by atoms with Crippen molar-refractivity contribution >= 4 is 0 Å². The minimum Gasteiger partial charge on any atom is -0.208 e. The van der Waals surface area contributed by atoms with E-state index in [9.17, 15) is 0 Å². The van der Waals surface area contributed by atoms with Crippen molar-refractivity contribution in [3.8, 4) is 67.5 Å². The van der Waals surface area contributed by atoms with E-state index in [-0.39, 0.29) is 5.41 Å². The van der Waals surface area contributed by atoms with E-state index in [0.29, 0.717) is 17.5 Å². The molecule has 58 heavy (non-hydrogen) atoms. The molecule has 1 heterocycles. The summed E-state index contributed by atoms with van der Waals surface area (Å²) in [4.78, 5) is 15.0. The fourth-order valence-electron chi connectivity index (χ4n) is 9.65. The first-order chi connectivity index (χ1) is 28.5. The topological polar surface area (TPSA) is 38.7 Å². The first kappa shape index (κ1) is 34.1. The second-order valence-corrected chi connectivity index (χ2v) is 16.0. The zero-order valence-corrected chi connectivity index (χ0v) is 32.4. The number of fused-ring (bicyclic) bond motifs is 9. The van der Waals surface area contributed by atoms with E-state index in [1.807, 2.05) is 36.4 Å². The average Bonchev–Trinajstić information content (AvgIpc) is 3.59. The Morgan fingerprint density at radius 3 is 1.16 bits per heavy atom. The molecule has 0 unspecified atom stereocenters. The lowest BCUT2D eigenvalue weighted by molar-refractivity contribution is 0.563. The van der Waals surface area contributed by atoms with Crippen LogP contribution in [-0.2, 0) is 10.8 Å². The second-order valence-electron chi connectivity index (χ2n) is 16.0. The predicted octanol–water partition coefficient (Wildman–Crippen LogP) is 13.2. The molecule has 0 atom stereocenters. The Morgan fingerprint density at radius 1 is 0.276 bits per heavy atom. The number of hydrogen-bond donors (Lipinski definition) is 0. The van der Waals surface area contributed by atoms with Crippen molar-refractivity contribution in [3.63, 3.8) is 0 Å². The smallest absolute Gasteiger partial charge is 0.164 e. The van der Waals surface area contributed by atoms with E-state index in [1.165, 1.54) is 55.6 Å². The van der Waals surface area contributed by atoms with E-state index in [1.54, 1.807) is 0 Å². The molecule has 1 aromatic heterocycles. The van der Waals surface area contributed by atoms with Crippen LogP contribution in [0.25, 0.3) is 67.5 Å². The summed E-state index contributed by atoms with van der Waals surface area (Å²) >= 11 is 0. The number of aromatic nitrogens is 3. The van der Waals surface area contributed by atoms with Crippen LogP contribution in [0.15, 0.2) is 200 Å². The first-order valence-electron chi connectivity index (χ1n) is 20.0. The normalized spacial score (nSPS) is 14.0. The third-order valence-electron chi connectivity index (χ3n) is 12.4. The highest BCUT2D eigenvalue weighted by molar-refractivity contribution is 5.90. The van der Waals surface area contributed by atoms with Crippen LogP contribution in [0.1, 0.15) is 47.2 Å². The van der Waals surface area contributed by atoms with Crippen LogP contribution >= 0.6 is 0 Å². The van der Waals surface area contributed by atoms with Crippen LogP contribution < -0.4 is 0 Å². The summed E-state index contributed by atoms with van der Waals surface area (Å²) in [5, 5.41) is 0. The van der Waals surface area contributed by atoms with E-state index in [2.05, 4.69) is 178 Å². The molecule has 0 bridgehead atoms. The van der Waals surface area contributed by atoms with Gasteiger partial charge in [-0.2, -0.15) is 0 Å². The number of benzene rings is 8. The number of hydrogen-bond acceptors (Lipinski definition) is 3. The standard InChI is InChI=1S/C55H39N3/c1-54(2)47-21-11-13-23-49(47)55(50-24-14-12-22-48(50)54)45-20-10-9-19-43(45)44-35-42(33-34-46(44)55)38-27-31-41(32-28-38)53-57-51(39-17-7-4-8-18-39)56-52(58-53)40-29-25-37(26-30-40)36-15-5-3-6-16-36/h3-35H,1-2H3. The van der Waals surface area contributed by atoms with E-state index in [4.69, 9.17) is 15.0 Å². The van der Waals surface area contributed by atoms with Crippen LogP contribution in [0.3, 0.4) is 0 Å². The molecule has 274 valence electrons. The molecular formula is C55H39N3. The second kappa shape index (κ2) is 13.2. The van der Waals surface area contributed by atoms with Crippen molar-refractivity contribution in [2.24, 2.45) is 0 Å². The molecule has 0 saturated heterocycles. The van der Waals surface area contributed by atoms with Gasteiger partial charge in [-0.15, -0.1) is 0 Å². The Labute approximate surface area is 339 Å². The molecular weight excluding hydrogens is 703 g/mol. The molecule has 9 aromatic rings. The molecule has 11 rings (SSSR count). The summed E-state index contributed by atoms with van der Waals surface area (Å²) in [7, 11) is 0. The van der Waals surface area contributed by atoms with Crippen LogP contribution in [0.2, 0.25) is 0 Å². The molecule has 8 aromatic carbocycles. The lowest BCUT2D eigenvalue weighted by atomic mass is 9.55. The van der Waals surface area contributed by atoms with Gasteiger partial charge in [0.05, 0.1) is 5.41 Å². The Kier molecular flexibility index (Phi) is 7.74. The fourth-order valence-corrected chi connectivity index (χ4v) is 9.65. The zero-order chi connectivity index (χ0) is 38.8. The molecule has 0 radical (unpaired) electrons. The molecule has 0 fully saturated rings. The summed E-state index contributed by atoms with van der Waals surface area (Å²) < 4.78 is 0. The summed E-state index contributed by atoms with van der Waals surface area (Å²) in [6.45, 7) is 4.74. The van der Waals surface area contributed by atoms with Crippen LogP contribution in [0, 0.1) is 0 Å². The van der Waals surface area contributed by atoms with Gasteiger partial charge >= 0.3 is 0 Å². The average molecular weight is 742 g/mol. The van der Waals surface area contributed by atoms with Crippen molar-refractivity contribution < 1.29 is 0 Å². The van der Waals surface area contributed by atoms with Crippen LogP contribution in [-0.4, -0.2) is 15.0 Å². The summed E-state index contributed by atoms with van der Waals surface area (Å²) in [5.41, 5.74) is 17.8. The maximum atomic E-state index is 5.05. The molecule has 0 amide bonds. The zero-order valence-electron chi connectivity index (χ0n) is 32.4. The first-order valence-corrected chi connectivity index (χ1v) is 20.0. The maximum absolute atomic E-state index is 5.05. The van der Waals surface area contributed by atoms with Crippen molar-refractivity contribution in [1.82, 2.24) is 15.0 Å². The van der Waals surface area contributed by atoms with Gasteiger partial charge in [0.25, 0.3) is 0 Å². The maximum Gasteiger partial charge on any atom is 0.164 e. The molecule has 3 nitrogen and oxygen atoms in total. The van der Waals surface area contributed by atoms with Crippen molar-refractivity contribution in [3.05, 3.63) is 234 Å².